The molecule has 0 radical (unpaired) electrons. The molecule has 0 unspecified atom stereocenters. The molecule has 1 aliphatic carbocycles. The molecule has 1 N–H and O–H groups in total. The Morgan fingerprint density at radius 1 is 0.826 bits per heavy atom. The van der Waals surface area contributed by atoms with Crippen LogP contribution < -0.4 is 10.2 Å². The molecular formula is C19H18N2O2. The molecule has 1 heterocycles. The number of imide groups is 1. The van der Waals surface area contributed by atoms with Crippen LogP contribution in [-0.2, 0) is 0 Å². The zero-order valence-electron chi connectivity index (χ0n) is 12.8. The number of para-hydroxylation sites is 2. The van der Waals surface area contributed by atoms with Crippen molar-refractivity contribution in [2.75, 3.05) is 10.2 Å². The molecule has 1 aliphatic heterocycles. The van der Waals surface area contributed by atoms with Crippen molar-refractivity contribution in [1.29, 1.82) is 0 Å². The van der Waals surface area contributed by atoms with Crippen LogP contribution >= 0.6 is 0 Å². The van der Waals surface area contributed by atoms with Crippen LogP contribution in [0.5, 0.6) is 0 Å². The lowest BCUT2D eigenvalue weighted by Crippen LogP contribution is -2.30. The lowest BCUT2D eigenvalue weighted by atomic mass is 10.1. The van der Waals surface area contributed by atoms with Gasteiger partial charge in [0, 0.05) is 6.04 Å². The molecule has 0 spiro atoms. The number of carbonyl (C=O) groups excluding carboxylic acids is 2. The molecule has 1 saturated carbocycles. The average Bonchev–Trinajstić information content (AvgIpc) is 3.17. The van der Waals surface area contributed by atoms with E-state index in [0.717, 1.165) is 18.5 Å². The summed E-state index contributed by atoms with van der Waals surface area (Å²) in [6, 6.07) is 15.0. The fourth-order valence-corrected chi connectivity index (χ4v) is 3.49. The molecule has 23 heavy (non-hydrogen) atoms. The minimum absolute atomic E-state index is 0.244. The Hall–Kier alpha value is -2.62. The van der Waals surface area contributed by atoms with Gasteiger partial charge in [-0.05, 0) is 37.1 Å². The summed E-state index contributed by atoms with van der Waals surface area (Å²) in [7, 11) is 0. The molecule has 2 amide bonds. The Morgan fingerprint density at radius 2 is 1.39 bits per heavy atom. The molecule has 0 saturated heterocycles. The third kappa shape index (κ3) is 2.31. The van der Waals surface area contributed by atoms with Crippen LogP contribution in [0.25, 0.3) is 0 Å². The van der Waals surface area contributed by atoms with E-state index in [-0.39, 0.29) is 11.8 Å². The Kier molecular flexibility index (Phi) is 3.37. The fraction of sp³-hybridized carbons (Fsp3) is 0.263. The highest BCUT2D eigenvalue weighted by Crippen LogP contribution is 2.34. The lowest BCUT2D eigenvalue weighted by Gasteiger charge is -2.21. The number of rotatable bonds is 3. The summed E-state index contributed by atoms with van der Waals surface area (Å²) < 4.78 is 0. The normalized spacial score (nSPS) is 17.7. The van der Waals surface area contributed by atoms with Gasteiger partial charge < -0.3 is 5.32 Å². The number of nitrogens with zero attached hydrogens (tertiary/aromatic N) is 1. The van der Waals surface area contributed by atoms with Gasteiger partial charge in [0.2, 0.25) is 0 Å². The van der Waals surface area contributed by atoms with Gasteiger partial charge >= 0.3 is 0 Å². The molecule has 2 aliphatic rings. The Morgan fingerprint density at radius 3 is 2.04 bits per heavy atom. The second-order valence-corrected chi connectivity index (χ2v) is 6.13. The van der Waals surface area contributed by atoms with Gasteiger partial charge in [0.1, 0.15) is 0 Å². The Bertz CT molecular complexity index is 743. The van der Waals surface area contributed by atoms with Gasteiger partial charge in [-0.15, -0.1) is 0 Å². The summed E-state index contributed by atoms with van der Waals surface area (Å²) in [5.74, 6) is -0.488. The second-order valence-electron chi connectivity index (χ2n) is 6.13. The van der Waals surface area contributed by atoms with Crippen LogP contribution in [0.15, 0.2) is 48.5 Å². The summed E-state index contributed by atoms with van der Waals surface area (Å²) >= 11 is 0. The van der Waals surface area contributed by atoms with Crippen molar-refractivity contribution < 1.29 is 9.59 Å². The van der Waals surface area contributed by atoms with E-state index in [0.29, 0.717) is 22.9 Å². The standard InChI is InChI=1S/C19H18N2O2/c22-18-14-9-3-4-10-15(14)19(23)21(18)17-12-6-5-11-16(17)20-13-7-1-2-8-13/h3-6,9-13,20H,1-2,7-8H2. The number of benzene rings is 2. The average molecular weight is 306 g/mol. The molecule has 116 valence electrons. The summed E-state index contributed by atoms with van der Waals surface area (Å²) in [5, 5.41) is 3.51. The summed E-state index contributed by atoms with van der Waals surface area (Å²) in [5.41, 5.74) is 2.46. The second kappa shape index (κ2) is 5.54. The SMILES string of the molecule is O=C1c2ccccc2C(=O)N1c1ccccc1NC1CCCC1. The highest BCUT2D eigenvalue weighted by Gasteiger charge is 2.37. The van der Waals surface area contributed by atoms with Crippen LogP contribution in [-0.4, -0.2) is 17.9 Å². The number of anilines is 2. The highest BCUT2D eigenvalue weighted by molar-refractivity contribution is 6.35. The minimum Gasteiger partial charge on any atom is -0.381 e. The van der Waals surface area contributed by atoms with E-state index in [4.69, 9.17) is 0 Å². The quantitative estimate of drug-likeness (QED) is 0.876. The van der Waals surface area contributed by atoms with Crippen LogP contribution in [0.4, 0.5) is 11.4 Å². The number of carbonyl (C=O) groups is 2. The first-order chi connectivity index (χ1) is 11.3. The van der Waals surface area contributed by atoms with Gasteiger partial charge in [0.25, 0.3) is 11.8 Å². The molecule has 0 bridgehead atoms. The predicted octanol–water partition coefficient (Wildman–Crippen LogP) is 3.84. The van der Waals surface area contributed by atoms with Crippen molar-refractivity contribution in [2.45, 2.75) is 31.7 Å². The van der Waals surface area contributed by atoms with Crippen molar-refractivity contribution in [1.82, 2.24) is 0 Å². The maximum atomic E-state index is 12.7. The van der Waals surface area contributed by atoms with E-state index >= 15 is 0 Å². The van der Waals surface area contributed by atoms with Crippen molar-refractivity contribution in [3.8, 4) is 0 Å². The highest BCUT2D eigenvalue weighted by atomic mass is 16.2. The molecule has 2 aromatic rings. The first kappa shape index (κ1) is 14.0. The third-order valence-corrected chi connectivity index (χ3v) is 4.65. The van der Waals surface area contributed by atoms with E-state index in [2.05, 4.69) is 5.32 Å². The smallest absolute Gasteiger partial charge is 0.266 e. The van der Waals surface area contributed by atoms with Crippen LogP contribution in [0.1, 0.15) is 46.4 Å². The number of nitrogens with one attached hydrogen (secondary N) is 1. The van der Waals surface area contributed by atoms with E-state index in [1.54, 1.807) is 24.3 Å². The van der Waals surface area contributed by atoms with Gasteiger partial charge in [-0.25, -0.2) is 4.90 Å². The summed E-state index contributed by atoms with van der Waals surface area (Å²) in [6.07, 6.45) is 4.73. The van der Waals surface area contributed by atoms with E-state index in [9.17, 15) is 9.59 Å². The van der Waals surface area contributed by atoms with Gasteiger partial charge in [0.05, 0.1) is 22.5 Å². The molecule has 4 heteroatoms. The molecule has 1 fully saturated rings. The Balaban J connectivity index is 1.71. The van der Waals surface area contributed by atoms with E-state index < -0.39 is 0 Å². The van der Waals surface area contributed by atoms with Crippen molar-refractivity contribution >= 4 is 23.2 Å². The fourth-order valence-electron chi connectivity index (χ4n) is 3.49. The third-order valence-electron chi connectivity index (χ3n) is 4.65. The zero-order valence-corrected chi connectivity index (χ0v) is 12.8. The maximum absolute atomic E-state index is 12.7. The first-order valence-electron chi connectivity index (χ1n) is 8.09. The molecule has 4 rings (SSSR count). The molecule has 2 aromatic carbocycles. The van der Waals surface area contributed by atoms with Crippen molar-refractivity contribution in [3.63, 3.8) is 0 Å². The van der Waals surface area contributed by atoms with Crippen LogP contribution in [0, 0.1) is 0 Å². The van der Waals surface area contributed by atoms with E-state index in [1.807, 2.05) is 24.3 Å². The first-order valence-corrected chi connectivity index (χ1v) is 8.09. The molecular weight excluding hydrogens is 288 g/mol. The monoisotopic (exact) mass is 306 g/mol. The van der Waals surface area contributed by atoms with Gasteiger partial charge in [-0.3, -0.25) is 9.59 Å². The van der Waals surface area contributed by atoms with Crippen LogP contribution in [0.2, 0.25) is 0 Å². The number of fused-ring (bicyclic) bond motifs is 1. The maximum Gasteiger partial charge on any atom is 0.266 e. The lowest BCUT2D eigenvalue weighted by molar-refractivity contribution is 0.0926. The zero-order chi connectivity index (χ0) is 15.8. The largest absolute Gasteiger partial charge is 0.381 e. The summed E-state index contributed by atoms with van der Waals surface area (Å²) in [4.78, 5) is 26.6. The molecule has 0 atom stereocenters. The predicted molar refractivity (Wildman–Crippen MR) is 89.9 cm³/mol. The van der Waals surface area contributed by atoms with Crippen LogP contribution in [0.3, 0.4) is 0 Å². The molecule has 4 nitrogen and oxygen atoms in total. The molecule has 0 aromatic heterocycles. The van der Waals surface area contributed by atoms with Gasteiger partial charge in [-0.2, -0.15) is 0 Å². The number of hydrogen-bond acceptors (Lipinski definition) is 3. The van der Waals surface area contributed by atoms with Gasteiger partial charge in [0.15, 0.2) is 0 Å². The topological polar surface area (TPSA) is 49.4 Å². The Labute approximate surface area is 135 Å². The van der Waals surface area contributed by atoms with Crippen molar-refractivity contribution in [3.05, 3.63) is 59.7 Å². The van der Waals surface area contributed by atoms with Gasteiger partial charge in [-0.1, -0.05) is 37.1 Å². The van der Waals surface area contributed by atoms with E-state index in [1.165, 1.54) is 17.7 Å². The number of hydrogen-bond donors (Lipinski definition) is 1. The summed E-state index contributed by atoms with van der Waals surface area (Å²) in [6.45, 7) is 0. The van der Waals surface area contributed by atoms with Crippen molar-refractivity contribution in [2.24, 2.45) is 0 Å². The number of amides is 2. The minimum atomic E-state index is -0.244.